The number of aromatic amines is 1. The summed E-state index contributed by atoms with van der Waals surface area (Å²) in [6.07, 6.45) is 6.32. The Labute approximate surface area is 198 Å². The van der Waals surface area contributed by atoms with Crippen molar-refractivity contribution in [1.29, 1.82) is 0 Å². The van der Waals surface area contributed by atoms with Gasteiger partial charge in [-0.1, -0.05) is 29.8 Å². The molecule has 6 rings (SSSR count). The van der Waals surface area contributed by atoms with Crippen molar-refractivity contribution in [3.63, 3.8) is 0 Å². The monoisotopic (exact) mass is 495 g/mol. The van der Waals surface area contributed by atoms with E-state index in [9.17, 15) is 13.2 Å². The van der Waals surface area contributed by atoms with Crippen LogP contribution >= 0.6 is 11.6 Å². The molecule has 34 heavy (non-hydrogen) atoms. The van der Waals surface area contributed by atoms with Gasteiger partial charge in [0.05, 0.1) is 27.0 Å². The first kappa shape index (κ1) is 20.9. The quantitative estimate of drug-likeness (QED) is 0.407. The summed E-state index contributed by atoms with van der Waals surface area (Å²) < 4.78 is 27.9. The van der Waals surface area contributed by atoms with Gasteiger partial charge in [0.15, 0.2) is 15.7 Å². The fraction of sp³-hybridized carbons (Fsp3) is 0.182. The Morgan fingerprint density at radius 3 is 2.65 bits per heavy atom. The molecule has 0 bridgehead atoms. The number of hydrogen-bond acceptors (Lipinski definition) is 7. The fourth-order valence-electron chi connectivity index (χ4n) is 4.43. The number of benzene rings is 1. The summed E-state index contributed by atoms with van der Waals surface area (Å²) in [4.78, 5) is 27.2. The molecule has 1 aliphatic heterocycles. The second-order valence-electron chi connectivity index (χ2n) is 8.14. The molecule has 0 radical (unpaired) electrons. The summed E-state index contributed by atoms with van der Waals surface area (Å²) in [6.45, 7) is 0.611. The molecular formula is C22H18ClN7O3S. The fourth-order valence-corrected chi connectivity index (χ4v) is 5.48. The number of aromatic nitrogens is 6. The van der Waals surface area contributed by atoms with Crippen molar-refractivity contribution in [1.82, 2.24) is 29.1 Å². The molecule has 0 spiro atoms. The topological polar surface area (TPSA) is 118 Å². The standard InChI is InChI=1S/C22H18ClN7O3S/c1-34(32,33)16-11-24-19-17(16)21(26-12-25-19)28-9-8-15(28)20-27-29-10-7-14(23)18(29)22(31)30(20)13-5-3-2-4-6-13/h2-7,10-12,15H,8-9H2,1H3,(H,24,25,26). The van der Waals surface area contributed by atoms with E-state index in [2.05, 4.69) is 15.0 Å². The number of H-pyrrole nitrogens is 1. The number of fused-ring (bicyclic) bond motifs is 2. The van der Waals surface area contributed by atoms with Gasteiger partial charge in [0.2, 0.25) is 0 Å². The van der Waals surface area contributed by atoms with Crippen molar-refractivity contribution >= 4 is 43.8 Å². The zero-order chi connectivity index (χ0) is 23.6. The Kier molecular flexibility index (Phi) is 4.55. The highest BCUT2D eigenvalue weighted by atomic mass is 35.5. The number of anilines is 1. The molecule has 0 amide bonds. The Morgan fingerprint density at radius 2 is 1.94 bits per heavy atom. The molecule has 0 saturated carbocycles. The van der Waals surface area contributed by atoms with Crippen molar-refractivity contribution in [2.24, 2.45) is 0 Å². The number of nitrogens with one attached hydrogen (secondary N) is 1. The molecule has 1 fully saturated rings. The number of nitrogens with zero attached hydrogens (tertiary/aromatic N) is 6. The van der Waals surface area contributed by atoms with E-state index in [0.29, 0.717) is 46.4 Å². The molecule has 1 N–H and O–H groups in total. The third kappa shape index (κ3) is 3.04. The van der Waals surface area contributed by atoms with E-state index in [1.54, 1.807) is 16.8 Å². The summed E-state index contributed by atoms with van der Waals surface area (Å²) in [5.41, 5.74) is 1.09. The second kappa shape index (κ2) is 7.40. The van der Waals surface area contributed by atoms with Gasteiger partial charge in [0.1, 0.15) is 23.3 Å². The van der Waals surface area contributed by atoms with Crippen LogP contribution in [0.25, 0.3) is 22.2 Å². The average molecular weight is 496 g/mol. The largest absolute Gasteiger partial charge is 0.345 e. The van der Waals surface area contributed by atoms with Gasteiger partial charge in [-0.3, -0.25) is 9.36 Å². The van der Waals surface area contributed by atoms with Crippen molar-refractivity contribution in [3.05, 3.63) is 76.3 Å². The maximum absolute atomic E-state index is 13.6. The van der Waals surface area contributed by atoms with Gasteiger partial charge in [-0.15, -0.1) is 0 Å². The highest BCUT2D eigenvalue weighted by Crippen LogP contribution is 2.40. The lowest BCUT2D eigenvalue weighted by Crippen LogP contribution is -2.45. The van der Waals surface area contributed by atoms with E-state index in [1.807, 2.05) is 35.2 Å². The molecular weight excluding hydrogens is 478 g/mol. The zero-order valence-corrected chi connectivity index (χ0v) is 19.5. The van der Waals surface area contributed by atoms with Crippen molar-refractivity contribution in [2.45, 2.75) is 17.4 Å². The Bertz CT molecular complexity index is 1740. The minimum Gasteiger partial charge on any atom is -0.345 e. The third-order valence-corrected chi connectivity index (χ3v) is 7.51. The summed E-state index contributed by atoms with van der Waals surface area (Å²) in [5, 5.41) is 5.50. The minimum absolute atomic E-state index is 0.129. The third-order valence-electron chi connectivity index (χ3n) is 6.08. The van der Waals surface area contributed by atoms with Gasteiger partial charge >= 0.3 is 0 Å². The average Bonchev–Trinajstić information content (AvgIpc) is 3.38. The van der Waals surface area contributed by atoms with Gasteiger partial charge in [0.25, 0.3) is 5.56 Å². The summed E-state index contributed by atoms with van der Waals surface area (Å²) >= 11 is 6.29. The highest BCUT2D eigenvalue weighted by Gasteiger charge is 2.37. The lowest BCUT2D eigenvalue weighted by Gasteiger charge is -2.42. The van der Waals surface area contributed by atoms with E-state index in [0.717, 1.165) is 6.26 Å². The number of halogens is 1. The SMILES string of the molecule is CS(=O)(=O)c1c[nH]c2ncnc(N3CCC3c3nn4ccc(Cl)c4c(=O)n3-c3ccccc3)c12. The smallest absolute Gasteiger partial charge is 0.284 e. The molecule has 10 nitrogen and oxygen atoms in total. The first-order chi connectivity index (χ1) is 16.3. The molecule has 0 aliphatic carbocycles. The van der Waals surface area contributed by atoms with Crippen molar-refractivity contribution in [3.8, 4) is 5.69 Å². The van der Waals surface area contributed by atoms with Gasteiger partial charge in [0, 0.05) is 25.2 Å². The van der Waals surface area contributed by atoms with Gasteiger partial charge < -0.3 is 9.88 Å². The van der Waals surface area contributed by atoms with E-state index < -0.39 is 9.84 Å². The molecule has 1 atom stereocenters. The van der Waals surface area contributed by atoms with Gasteiger partial charge in [-0.25, -0.2) is 22.9 Å². The molecule has 1 aliphatic rings. The van der Waals surface area contributed by atoms with Crippen LogP contribution in [-0.4, -0.2) is 50.4 Å². The van der Waals surface area contributed by atoms with Crippen LogP contribution in [0.3, 0.4) is 0 Å². The highest BCUT2D eigenvalue weighted by molar-refractivity contribution is 7.91. The molecule has 1 aromatic carbocycles. The Hall–Kier alpha value is -3.70. The predicted octanol–water partition coefficient (Wildman–Crippen LogP) is 2.76. The van der Waals surface area contributed by atoms with E-state index in [-0.39, 0.29) is 22.0 Å². The lowest BCUT2D eigenvalue weighted by molar-refractivity contribution is 0.424. The summed E-state index contributed by atoms with van der Waals surface area (Å²) in [7, 11) is -3.52. The number of rotatable bonds is 4. The van der Waals surface area contributed by atoms with E-state index in [4.69, 9.17) is 16.7 Å². The lowest BCUT2D eigenvalue weighted by atomic mass is 10.0. The second-order valence-corrected chi connectivity index (χ2v) is 10.5. The van der Waals surface area contributed by atoms with Crippen LogP contribution in [0.15, 0.2) is 64.8 Å². The molecule has 5 heterocycles. The normalized spacial score (nSPS) is 16.3. The van der Waals surface area contributed by atoms with Gasteiger partial charge in [-0.2, -0.15) is 5.10 Å². The van der Waals surface area contributed by atoms with Crippen LogP contribution in [0.5, 0.6) is 0 Å². The number of sulfone groups is 1. The molecule has 1 saturated heterocycles. The molecule has 4 aromatic heterocycles. The van der Waals surface area contributed by atoms with Crippen molar-refractivity contribution < 1.29 is 8.42 Å². The predicted molar refractivity (Wildman–Crippen MR) is 128 cm³/mol. The summed E-state index contributed by atoms with van der Waals surface area (Å²) in [6, 6.07) is 10.5. The number of para-hydroxylation sites is 1. The van der Waals surface area contributed by atoms with Crippen LogP contribution in [0.4, 0.5) is 5.82 Å². The first-order valence-corrected chi connectivity index (χ1v) is 12.8. The van der Waals surface area contributed by atoms with Crippen LogP contribution in [-0.2, 0) is 9.84 Å². The van der Waals surface area contributed by atoms with E-state index >= 15 is 0 Å². The summed E-state index contributed by atoms with van der Waals surface area (Å²) in [5.74, 6) is 0.979. The Balaban J connectivity index is 1.58. The molecule has 1 unspecified atom stereocenters. The number of hydrogen-bond donors (Lipinski definition) is 1. The van der Waals surface area contributed by atoms with Crippen molar-refractivity contribution in [2.75, 3.05) is 17.7 Å². The van der Waals surface area contributed by atoms with Crippen LogP contribution < -0.4 is 10.5 Å². The molecule has 5 aromatic rings. The first-order valence-electron chi connectivity index (χ1n) is 10.5. The molecule has 172 valence electrons. The van der Waals surface area contributed by atoms with Gasteiger partial charge in [-0.05, 0) is 24.6 Å². The maximum atomic E-state index is 13.6. The maximum Gasteiger partial charge on any atom is 0.284 e. The molecule has 12 heteroatoms. The minimum atomic E-state index is -3.52. The van der Waals surface area contributed by atoms with Crippen LogP contribution in [0, 0.1) is 0 Å². The van der Waals surface area contributed by atoms with E-state index in [1.165, 1.54) is 17.0 Å². The Morgan fingerprint density at radius 1 is 1.15 bits per heavy atom. The van der Waals surface area contributed by atoms with Crippen LogP contribution in [0.2, 0.25) is 5.02 Å². The van der Waals surface area contributed by atoms with Crippen LogP contribution in [0.1, 0.15) is 18.3 Å². The zero-order valence-electron chi connectivity index (χ0n) is 17.9.